The molecule has 0 spiro atoms. The van der Waals surface area contributed by atoms with Gasteiger partial charge in [0.15, 0.2) is 13.2 Å². The summed E-state index contributed by atoms with van der Waals surface area (Å²) in [5.41, 5.74) is 2.01. The summed E-state index contributed by atoms with van der Waals surface area (Å²) in [5.74, 6) is -0.822. The van der Waals surface area contributed by atoms with Crippen LogP contribution in [0, 0.1) is 24.0 Å². The molecule has 0 radical (unpaired) electrons. The van der Waals surface area contributed by atoms with E-state index < -0.39 is 23.4 Å². The lowest BCUT2D eigenvalue weighted by Gasteiger charge is -2.22. The zero-order valence-corrected chi connectivity index (χ0v) is 17.8. The summed E-state index contributed by atoms with van der Waals surface area (Å²) in [5, 5.41) is 13.7. The number of carbonyl (C=O) groups excluding carboxylic acids is 2. The molecular weight excluding hydrogens is 388 g/mol. The second-order valence-electron chi connectivity index (χ2n) is 7.90. The van der Waals surface area contributed by atoms with Gasteiger partial charge in [-0.2, -0.15) is 0 Å². The number of nitrogens with zero attached hydrogens (tertiary/aromatic N) is 1. The molecule has 2 rings (SSSR count). The minimum absolute atomic E-state index is 0.0939. The van der Waals surface area contributed by atoms with Crippen LogP contribution in [0.2, 0.25) is 0 Å². The van der Waals surface area contributed by atoms with Crippen molar-refractivity contribution in [3.63, 3.8) is 0 Å². The molecule has 1 N–H and O–H groups in total. The molecule has 2 aromatic carbocycles. The zero-order chi connectivity index (χ0) is 22.5. The SMILES string of the molecule is Cc1ccc([N+](=O)[O-])c(NC(=O)COC(=O)COc2ccccc2C(C)(C)C)c1C. The normalized spacial score (nSPS) is 11.0. The molecule has 0 atom stereocenters. The van der Waals surface area contributed by atoms with Crippen molar-refractivity contribution >= 4 is 23.3 Å². The van der Waals surface area contributed by atoms with Crippen LogP contribution in [0.4, 0.5) is 11.4 Å². The Morgan fingerprint density at radius 2 is 1.73 bits per heavy atom. The highest BCUT2D eigenvalue weighted by Crippen LogP contribution is 2.31. The number of benzene rings is 2. The molecule has 8 nitrogen and oxygen atoms in total. The lowest BCUT2D eigenvalue weighted by atomic mass is 9.86. The summed E-state index contributed by atoms with van der Waals surface area (Å²) in [6.45, 7) is 8.61. The summed E-state index contributed by atoms with van der Waals surface area (Å²) in [6.07, 6.45) is 0. The fraction of sp³-hybridized carbons (Fsp3) is 0.364. The predicted molar refractivity (Wildman–Crippen MR) is 113 cm³/mol. The highest BCUT2D eigenvalue weighted by Gasteiger charge is 2.21. The molecule has 8 heteroatoms. The van der Waals surface area contributed by atoms with Crippen molar-refractivity contribution in [3.05, 3.63) is 63.2 Å². The number of ether oxygens (including phenoxy) is 2. The second kappa shape index (κ2) is 9.39. The molecule has 0 unspecified atom stereocenters. The van der Waals surface area contributed by atoms with E-state index in [-0.39, 0.29) is 23.4 Å². The predicted octanol–water partition coefficient (Wildman–Crippen LogP) is 4.07. The molecule has 0 saturated carbocycles. The fourth-order valence-electron chi connectivity index (χ4n) is 2.82. The maximum atomic E-state index is 12.2. The second-order valence-corrected chi connectivity index (χ2v) is 7.90. The van der Waals surface area contributed by atoms with E-state index in [0.29, 0.717) is 11.3 Å². The Labute approximate surface area is 175 Å². The molecule has 30 heavy (non-hydrogen) atoms. The summed E-state index contributed by atoms with van der Waals surface area (Å²) in [4.78, 5) is 34.8. The minimum Gasteiger partial charge on any atom is -0.482 e. The van der Waals surface area contributed by atoms with Gasteiger partial charge < -0.3 is 14.8 Å². The first kappa shape index (κ1) is 22.9. The quantitative estimate of drug-likeness (QED) is 0.416. The number of esters is 1. The number of rotatable bonds is 7. The number of hydrogen-bond acceptors (Lipinski definition) is 6. The number of nitro groups is 1. The van der Waals surface area contributed by atoms with E-state index in [4.69, 9.17) is 9.47 Å². The Bertz CT molecular complexity index is 963. The molecule has 0 aliphatic carbocycles. The monoisotopic (exact) mass is 414 g/mol. The largest absolute Gasteiger partial charge is 0.482 e. The summed E-state index contributed by atoms with van der Waals surface area (Å²) in [6, 6.07) is 10.3. The van der Waals surface area contributed by atoms with Crippen LogP contribution in [-0.4, -0.2) is 30.0 Å². The zero-order valence-electron chi connectivity index (χ0n) is 17.8. The number of carbonyl (C=O) groups is 2. The van der Waals surface area contributed by atoms with Gasteiger partial charge in [0.2, 0.25) is 0 Å². The first-order chi connectivity index (χ1) is 14.0. The van der Waals surface area contributed by atoms with Crippen molar-refractivity contribution in [1.82, 2.24) is 0 Å². The molecule has 0 heterocycles. The molecular formula is C22H26N2O6. The van der Waals surface area contributed by atoms with Crippen LogP contribution in [0.5, 0.6) is 5.75 Å². The van der Waals surface area contributed by atoms with E-state index in [1.54, 1.807) is 32.0 Å². The van der Waals surface area contributed by atoms with Crippen LogP contribution in [0.1, 0.15) is 37.5 Å². The third-order valence-corrected chi connectivity index (χ3v) is 4.58. The number of hydrogen-bond donors (Lipinski definition) is 1. The lowest BCUT2D eigenvalue weighted by molar-refractivity contribution is -0.384. The van der Waals surface area contributed by atoms with Gasteiger partial charge in [0.05, 0.1) is 4.92 Å². The third kappa shape index (κ3) is 5.79. The van der Waals surface area contributed by atoms with Gasteiger partial charge in [-0.3, -0.25) is 14.9 Å². The van der Waals surface area contributed by atoms with Crippen LogP contribution in [0.3, 0.4) is 0 Å². The summed E-state index contributed by atoms with van der Waals surface area (Å²) in [7, 11) is 0. The molecule has 0 bridgehead atoms. The Kier molecular flexibility index (Phi) is 7.15. The van der Waals surface area contributed by atoms with Gasteiger partial charge in [0.25, 0.3) is 11.6 Å². The maximum Gasteiger partial charge on any atom is 0.344 e. The molecule has 0 fully saturated rings. The van der Waals surface area contributed by atoms with Gasteiger partial charge >= 0.3 is 5.97 Å². The number of aryl methyl sites for hydroxylation is 1. The van der Waals surface area contributed by atoms with Crippen molar-refractivity contribution in [1.29, 1.82) is 0 Å². The van der Waals surface area contributed by atoms with Gasteiger partial charge in [0.1, 0.15) is 11.4 Å². The Morgan fingerprint density at radius 1 is 1.07 bits per heavy atom. The molecule has 0 saturated heterocycles. The van der Waals surface area contributed by atoms with Gasteiger partial charge in [-0.05, 0) is 42.0 Å². The van der Waals surface area contributed by atoms with Gasteiger partial charge in [0, 0.05) is 6.07 Å². The van der Waals surface area contributed by atoms with Gasteiger partial charge in [-0.1, -0.05) is 45.0 Å². The average molecular weight is 414 g/mol. The first-order valence-corrected chi connectivity index (χ1v) is 9.43. The van der Waals surface area contributed by atoms with Crippen LogP contribution >= 0.6 is 0 Å². The van der Waals surface area contributed by atoms with E-state index >= 15 is 0 Å². The number of para-hydroxylation sites is 1. The molecule has 0 aliphatic heterocycles. The number of amides is 1. The van der Waals surface area contributed by atoms with Crippen LogP contribution < -0.4 is 10.1 Å². The van der Waals surface area contributed by atoms with E-state index in [1.165, 1.54) is 6.07 Å². The molecule has 0 aromatic heterocycles. The highest BCUT2D eigenvalue weighted by molar-refractivity contribution is 5.96. The first-order valence-electron chi connectivity index (χ1n) is 9.43. The van der Waals surface area contributed by atoms with Crippen molar-refractivity contribution in [2.75, 3.05) is 18.5 Å². The number of nitro benzene ring substituents is 1. The molecule has 0 aliphatic rings. The lowest BCUT2D eigenvalue weighted by Crippen LogP contribution is -2.25. The Morgan fingerprint density at radius 3 is 2.37 bits per heavy atom. The van der Waals surface area contributed by atoms with E-state index in [1.807, 2.05) is 32.9 Å². The fourth-order valence-corrected chi connectivity index (χ4v) is 2.82. The minimum atomic E-state index is -0.718. The molecule has 160 valence electrons. The van der Waals surface area contributed by atoms with Crippen LogP contribution in [0.25, 0.3) is 0 Å². The van der Waals surface area contributed by atoms with Crippen molar-refractivity contribution < 1.29 is 24.0 Å². The summed E-state index contributed by atoms with van der Waals surface area (Å²) >= 11 is 0. The topological polar surface area (TPSA) is 108 Å². The Hall–Kier alpha value is -3.42. The Balaban J connectivity index is 1.95. The highest BCUT2D eigenvalue weighted by atomic mass is 16.6. The van der Waals surface area contributed by atoms with E-state index in [9.17, 15) is 19.7 Å². The van der Waals surface area contributed by atoms with Crippen molar-refractivity contribution in [3.8, 4) is 5.75 Å². The smallest absolute Gasteiger partial charge is 0.344 e. The van der Waals surface area contributed by atoms with Gasteiger partial charge in [-0.15, -0.1) is 0 Å². The average Bonchev–Trinajstić information content (AvgIpc) is 2.67. The summed E-state index contributed by atoms with van der Waals surface area (Å²) < 4.78 is 10.5. The van der Waals surface area contributed by atoms with Crippen LogP contribution in [0.15, 0.2) is 36.4 Å². The van der Waals surface area contributed by atoms with Crippen LogP contribution in [-0.2, 0) is 19.7 Å². The van der Waals surface area contributed by atoms with E-state index in [2.05, 4.69) is 5.32 Å². The van der Waals surface area contributed by atoms with Gasteiger partial charge in [-0.25, -0.2) is 4.79 Å². The standard InChI is InChI=1S/C22H26N2O6/c1-14-10-11-17(24(27)28)21(15(14)2)23-19(25)12-30-20(26)13-29-18-9-7-6-8-16(18)22(3,4)5/h6-11H,12-13H2,1-5H3,(H,23,25). The third-order valence-electron chi connectivity index (χ3n) is 4.58. The molecule has 2 aromatic rings. The van der Waals surface area contributed by atoms with Crippen molar-refractivity contribution in [2.24, 2.45) is 0 Å². The van der Waals surface area contributed by atoms with E-state index in [0.717, 1.165) is 11.1 Å². The molecule has 1 amide bonds. The maximum absolute atomic E-state index is 12.2. The number of nitrogens with one attached hydrogen (secondary N) is 1. The van der Waals surface area contributed by atoms with Crippen molar-refractivity contribution in [2.45, 2.75) is 40.0 Å². The number of anilines is 1.